The van der Waals surface area contributed by atoms with Crippen LogP contribution >= 0.6 is 22.9 Å². The van der Waals surface area contributed by atoms with E-state index in [9.17, 15) is 0 Å². The van der Waals surface area contributed by atoms with Gasteiger partial charge in [0.25, 0.3) is 0 Å². The van der Waals surface area contributed by atoms with Gasteiger partial charge in [-0.25, -0.2) is 4.98 Å². The van der Waals surface area contributed by atoms with Crippen molar-refractivity contribution in [3.05, 3.63) is 51.4 Å². The van der Waals surface area contributed by atoms with Gasteiger partial charge in [-0.1, -0.05) is 41.9 Å². The Morgan fingerprint density at radius 3 is 2.78 bits per heavy atom. The summed E-state index contributed by atoms with van der Waals surface area (Å²) in [6.07, 6.45) is 4.08. The van der Waals surface area contributed by atoms with Crippen molar-refractivity contribution in [2.75, 3.05) is 0 Å². The van der Waals surface area contributed by atoms with Crippen LogP contribution < -0.4 is 5.32 Å². The van der Waals surface area contributed by atoms with Gasteiger partial charge in [0.2, 0.25) is 0 Å². The van der Waals surface area contributed by atoms with Crippen molar-refractivity contribution in [3.8, 4) is 0 Å². The van der Waals surface area contributed by atoms with E-state index in [1.54, 1.807) is 0 Å². The lowest BCUT2D eigenvalue weighted by Gasteiger charge is -2.12. The number of aromatic nitrogens is 1. The number of halogens is 1. The lowest BCUT2D eigenvalue weighted by Crippen LogP contribution is -2.25. The van der Waals surface area contributed by atoms with E-state index >= 15 is 0 Å². The lowest BCUT2D eigenvalue weighted by atomic mass is 10.1. The van der Waals surface area contributed by atoms with E-state index in [0.29, 0.717) is 10.5 Å². The highest BCUT2D eigenvalue weighted by Gasteiger charge is 2.04. The monoisotopic (exact) mass is 280 g/mol. The van der Waals surface area contributed by atoms with Gasteiger partial charge in [0.05, 0.1) is 0 Å². The first-order valence-electron chi connectivity index (χ1n) is 6.11. The second-order valence-corrected chi connectivity index (χ2v) is 6.08. The molecule has 1 heterocycles. The zero-order valence-corrected chi connectivity index (χ0v) is 12.0. The molecule has 0 amide bonds. The van der Waals surface area contributed by atoms with Crippen molar-refractivity contribution in [1.82, 2.24) is 10.3 Å². The molecule has 0 aliphatic heterocycles. The molecule has 0 bridgehead atoms. The molecule has 1 aromatic carbocycles. The summed E-state index contributed by atoms with van der Waals surface area (Å²) in [6.45, 7) is 3.06. The van der Waals surface area contributed by atoms with Crippen LogP contribution in [-0.4, -0.2) is 11.0 Å². The molecule has 0 saturated carbocycles. The van der Waals surface area contributed by atoms with Crippen molar-refractivity contribution in [2.24, 2.45) is 0 Å². The quantitative estimate of drug-likeness (QED) is 0.868. The highest BCUT2D eigenvalue weighted by molar-refractivity contribution is 7.15. The summed E-state index contributed by atoms with van der Waals surface area (Å²) in [5.41, 5.74) is 1.40. The maximum absolute atomic E-state index is 5.80. The Morgan fingerprint density at radius 2 is 2.11 bits per heavy atom. The molecule has 0 spiro atoms. The van der Waals surface area contributed by atoms with Crippen molar-refractivity contribution >= 4 is 22.9 Å². The first-order valence-corrected chi connectivity index (χ1v) is 7.31. The van der Waals surface area contributed by atoms with E-state index in [0.717, 1.165) is 19.4 Å². The SMILES string of the molecule is C[C@@H](CCc1ccccc1)NCc1cnc(Cl)s1. The van der Waals surface area contributed by atoms with Gasteiger partial charge >= 0.3 is 0 Å². The first kappa shape index (κ1) is 13.5. The molecule has 1 aromatic heterocycles. The molecule has 4 heteroatoms. The molecule has 0 fully saturated rings. The molecule has 0 aliphatic carbocycles. The number of thiazole rings is 1. The molecule has 0 unspecified atom stereocenters. The molecule has 2 nitrogen and oxygen atoms in total. The molecule has 1 atom stereocenters. The van der Waals surface area contributed by atoms with E-state index in [1.807, 2.05) is 6.20 Å². The second kappa shape index (κ2) is 6.88. The van der Waals surface area contributed by atoms with E-state index in [2.05, 4.69) is 47.6 Å². The molecule has 2 aromatic rings. The molecular weight excluding hydrogens is 264 g/mol. The number of rotatable bonds is 6. The molecule has 96 valence electrons. The molecule has 18 heavy (non-hydrogen) atoms. The summed E-state index contributed by atoms with van der Waals surface area (Å²) in [4.78, 5) is 5.22. The maximum Gasteiger partial charge on any atom is 0.183 e. The Kier molecular flexibility index (Phi) is 5.17. The Hall–Kier alpha value is -0.900. The van der Waals surface area contributed by atoms with Crippen molar-refractivity contribution in [1.29, 1.82) is 0 Å². The summed E-state index contributed by atoms with van der Waals surface area (Å²) in [6, 6.07) is 11.1. The van der Waals surface area contributed by atoms with Crippen LogP contribution in [0.4, 0.5) is 0 Å². The van der Waals surface area contributed by atoms with Crippen LogP contribution in [0, 0.1) is 0 Å². The zero-order valence-electron chi connectivity index (χ0n) is 10.4. The van der Waals surface area contributed by atoms with Crippen LogP contribution in [0.15, 0.2) is 36.5 Å². The van der Waals surface area contributed by atoms with Gasteiger partial charge in [-0.05, 0) is 25.3 Å². The van der Waals surface area contributed by atoms with E-state index in [4.69, 9.17) is 11.6 Å². The van der Waals surface area contributed by atoms with Gasteiger partial charge in [0.15, 0.2) is 4.47 Å². The Morgan fingerprint density at radius 1 is 1.33 bits per heavy atom. The van der Waals surface area contributed by atoms with Crippen LogP contribution in [0.2, 0.25) is 4.47 Å². The molecule has 2 rings (SSSR count). The van der Waals surface area contributed by atoms with Gasteiger partial charge in [-0.15, -0.1) is 11.3 Å². The summed E-state index contributed by atoms with van der Waals surface area (Å²) < 4.78 is 0.615. The fourth-order valence-electron chi connectivity index (χ4n) is 1.77. The number of hydrogen-bond donors (Lipinski definition) is 1. The largest absolute Gasteiger partial charge is 0.309 e. The predicted molar refractivity (Wildman–Crippen MR) is 78.2 cm³/mol. The average molecular weight is 281 g/mol. The van der Waals surface area contributed by atoms with E-state index < -0.39 is 0 Å². The van der Waals surface area contributed by atoms with Crippen LogP contribution in [-0.2, 0) is 13.0 Å². The van der Waals surface area contributed by atoms with Crippen LogP contribution in [0.25, 0.3) is 0 Å². The van der Waals surface area contributed by atoms with E-state index in [-0.39, 0.29) is 0 Å². The van der Waals surface area contributed by atoms with E-state index in [1.165, 1.54) is 21.8 Å². The first-order chi connectivity index (χ1) is 8.74. The number of nitrogens with zero attached hydrogens (tertiary/aromatic N) is 1. The van der Waals surface area contributed by atoms with Gasteiger partial charge in [0.1, 0.15) is 0 Å². The van der Waals surface area contributed by atoms with Gasteiger partial charge in [0, 0.05) is 23.7 Å². The smallest absolute Gasteiger partial charge is 0.183 e. The van der Waals surface area contributed by atoms with Gasteiger partial charge in [-0.2, -0.15) is 0 Å². The van der Waals surface area contributed by atoms with Crippen molar-refractivity contribution in [2.45, 2.75) is 32.4 Å². The Labute approximate surface area is 117 Å². The summed E-state index contributed by atoms with van der Waals surface area (Å²) >= 11 is 7.33. The molecule has 0 saturated heterocycles. The van der Waals surface area contributed by atoms with Crippen LogP contribution in [0.3, 0.4) is 0 Å². The maximum atomic E-state index is 5.80. The highest BCUT2D eigenvalue weighted by atomic mass is 35.5. The fourth-order valence-corrected chi connectivity index (χ4v) is 2.70. The van der Waals surface area contributed by atoms with Gasteiger partial charge in [-0.3, -0.25) is 0 Å². The minimum Gasteiger partial charge on any atom is -0.309 e. The zero-order chi connectivity index (χ0) is 12.8. The molecule has 1 N–H and O–H groups in total. The minimum absolute atomic E-state index is 0.492. The minimum atomic E-state index is 0.492. The fraction of sp³-hybridized carbons (Fsp3) is 0.357. The lowest BCUT2D eigenvalue weighted by molar-refractivity contribution is 0.516. The highest BCUT2D eigenvalue weighted by Crippen LogP contribution is 2.17. The third kappa shape index (κ3) is 4.41. The number of benzene rings is 1. The van der Waals surface area contributed by atoms with Gasteiger partial charge < -0.3 is 5.32 Å². The summed E-state index contributed by atoms with van der Waals surface area (Å²) in [5, 5.41) is 3.49. The van der Waals surface area contributed by atoms with Crippen molar-refractivity contribution < 1.29 is 0 Å². The summed E-state index contributed by atoms with van der Waals surface area (Å²) in [5.74, 6) is 0. The van der Waals surface area contributed by atoms with Crippen LogP contribution in [0.5, 0.6) is 0 Å². The molecule has 0 aliphatic rings. The van der Waals surface area contributed by atoms with Crippen molar-refractivity contribution in [3.63, 3.8) is 0 Å². The van der Waals surface area contributed by atoms with Crippen LogP contribution in [0.1, 0.15) is 23.8 Å². The molecule has 0 radical (unpaired) electrons. The predicted octanol–water partition coefficient (Wildman–Crippen LogP) is 3.91. The topological polar surface area (TPSA) is 24.9 Å². The summed E-state index contributed by atoms with van der Waals surface area (Å²) in [7, 11) is 0. The Bertz CT molecular complexity index is 470. The number of nitrogens with one attached hydrogen (secondary N) is 1. The standard InChI is InChI=1S/C14H17ClN2S/c1-11(7-8-12-5-3-2-4-6-12)16-9-13-10-17-14(15)18-13/h2-6,10-11,16H,7-9H2,1H3/t11-/m0/s1. The Balaban J connectivity index is 1.71. The second-order valence-electron chi connectivity index (χ2n) is 4.39. The normalized spacial score (nSPS) is 12.6. The third-order valence-electron chi connectivity index (χ3n) is 2.86. The average Bonchev–Trinajstić information content (AvgIpc) is 2.81. The molecular formula is C14H17ClN2S. The third-order valence-corrected chi connectivity index (χ3v) is 3.97. The number of hydrogen-bond acceptors (Lipinski definition) is 3. The number of aryl methyl sites for hydroxylation is 1.